The number of aryl methyl sites for hydroxylation is 2. The van der Waals surface area contributed by atoms with Crippen LogP contribution < -0.4 is 5.32 Å². The minimum Gasteiger partial charge on any atom is -0.373 e. The van der Waals surface area contributed by atoms with Gasteiger partial charge in [0.1, 0.15) is 11.5 Å². The molecule has 4 nitrogen and oxygen atoms in total. The lowest BCUT2D eigenvalue weighted by Gasteiger charge is -2.06. The smallest absolute Gasteiger partial charge is 0.180 e. The zero-order valence-corrected chi connectivity index (χ0v) is 10.4. The number of aromatic nitrogens is 3. The molecule has 0 saturated heterocycles. The van der Waals surface area contributed by atoms with E-state index in [9.17, 15) is 0 Å². The summed E-state index contributed by atoms with van der Waals surface area (Å²) in [6, 6.07) is 5.92. The lowest BCUT2D eigenvalue weighted by molar-refractivity contribution is 0.997. The van der Waals surface area contributed by atoms with Crippen LogP contribution in [0.3, 0.4) is 0 Å². The second kappa shape index (κ2) is 4.91. The highest BCUT2D eigenvalue weighted by molar-refractivity contribution is 5.53. The lowest BCUT2D eigenvalue weighted by Crippen LogP contribution is -2.01. The monoisotopic (exact) mass is 228 g/mol. The Labute approximate surface area is 101 Å². The van der Waals surface area contributed by atoms with Gasteiger partial charge in [-0.1, -0.05) is 6.92 Å². The largest absolute Gasteiger partial charge is 0.373 e. The van der Waals surface area contributed by atoms with Crippen molar-refractivity contribution in [2.75, 3.05) is 12.4 Å². The molecule has 2 heterocycles. The van der Waals surface area contributed by atoms with Gasteiger partial charge in [0.05, 0.1) is 0 Å². The molecular weight excluding hydrogens is 212 g/mol. The highest BCUT2D eigenvalue weighted by atomic mass is 15.0. The van der Waals surface area contributed by atoms with E-state index >= 15 is 0 Å². The van der Waals surface area contributed by atoms with Crippen LogP contribution in [-0.2, 0) is 6.42 Å². The molecule has 2 rings (SSSR count). The van der Waals surface area contributed by atoms with Gasteiger partial charge in [0.2, 0.25) is 0 Å². The molecule has 4 heteroatoms. The molecule has 0 aromatic carbocycles. The predicted octanol–water partition coefficient (Wildman–Crippen LogP) is 2.45. The third-order valence-corrected chi connectivity index (χ3v) is 2.54. The minimum absolute atomic E-state index is 0.678. The number of anilines is 1. The Morgan fingerprint density at radius 3 is 2.71 bits per heavy atom. The van der Waals surface area contributed by atoms with Crippen LogP contribution in [0.5, 0.6) is 0 Å². The van der Waals surface area contributed by atoms with E-state index in [0.29, 0.717) is 5.82 Å². The number of rotatable bonds is 3. The first-order valence-corrected chi connectivity index (χ1v) is 5.71. The maximum Gasteiger partial charge on any atom is 0.180 e. The molecule has 0 aliphatic heterocycles. The summed E-state index contributed by atoms with van der Waals surface area (Å²) in [6.45, 7) is 4.11. The molecule has 88 valence electrons. The summed E-state index contributed by atoms with van der Waals surface area (Å²) < 4.78 is 0. The van der Waals surface area contributed by atoms with E-state index in [1.807, 2.05) is 32.2 Å². The van der Waals surface area contributed by atoms with Gasteiger partial charge in [-0.2, -0.15) is 0 Å². The van der Waals surface area contributed by atoms with Gasteiger partial charge in [-0.25, -0.2) is 9.97 Å². The molecule has 0 fully saturated rings. The molecule has 0 unspecified atom stereocenters. The molecule has 0 radical (unpaired) electrons. The standard InChI is InChI=1S/C13H16N4/c1-4-10-8-12(14-3)17-13(16-10)11-7-9(2)5-6-15-11/h5-8H,4H2,1-3H3,(H,14,16,17). The zero-order chi connectivity index (χ0) is 12.3. The minimum atomic E-state index is 0.678. The highest BCUT2D eigenvalue weighted by Gasteiger charge is 2.06. The number of nitrogens with one attached hydrogen (secondary N) is 1. The van der Waals surface area contributed by atoms with Crippen molar-refractivity contribution in [2.24, 2.45) is 0 Å². The number of hydrogen-bond donors (Lipinski definition) is 1. The Morgan fingerprint density at radius 1 is 1.24 bits per heavy atom. The second-order valence-electron chi connectivity index (χ2n) is 3.89. The quantitative estimate of drug-likeness (QED) is 0.876. The molecule has 0 aliphatic carbocycles. The van der Waals surface area contributed by atoms with E-state index in [2.05, 4.69) is 27.2 Å². The molecule has 2 aromatic heterocycles. The van der Waals surface area contributed by atoms with E-state index in [-0.39, 0.29) is 0 Å². The van der Waals surface area contributed by atoms with Crippen LogP contribution in [0.25, 0.3) is 11.5 Å². The second-order valence-corrected chi connectivity index (χ2v) is 3.89. The van der Waals surface area contributed by atoms with Crippen LogP contribution in [0.15, 0.2) is 24.4 Å². The fourth-order valence-electron chi connectivity index (χ4n) is 1.58. The van der Waals surface area contributed by atoms with Crippen molar-refractivity contribution in [3.8, 4) is 11.5 Å². The van der Waals surface area contributed by atoms with Crippen molar-refractivity contribution < 1.29 is 0 Å². The molecule has 17 heavy (non-hydrogen) atoms. The van der Waals surface area contributed by atoms with Gasteiger partial charge in [-0.05, 0) is 31.0 Å². The summed E-state index contributed by atoms with van der Waals surface area (Å²) in [5, 5.41) is 3.05. The number of hydrogen-bond acceptors (Lipinski definition) is 4. The lowest BCUT2D eigenvalue weighted by atomic mass is 10.2. The molecule has 0 saturated carbocycles. The molecule has 0 atom stereocenters. The molecular formula is C13H16N4. The fourth-order valence-corrected chi connectivity index (χ4v) is 1.58. The summed E-state index contributed by atoms with van der Waals surface area (Å²) in [5.41, 5.74) is 2.99. The van der Waals surface area contributed by atoms with Gasteiger partial charge in [-0.3, -0.25) is 4.98 Å². The van der Waals surface area contributed by atoms with Gasteiger partial charge >= 0.3 is 0 Å². The van der Waals surface area contributed by atoms with Gasteiger partial charge in [0.25, 0.3) is 0 Å². The van der Waals surface area contributed by atoms with Gasteiger partial charge in [-0.15, -0.1) is 0 Å². The van der Waals surface area contributed by atoms with Crippen LogP contribution in [-0.4, -0.2) is 22.0 Å². The van der Waals surface area contributed by atoms with Crippen molar-refractivity contribution in [1.82, 2.24) is 15.0 Å². The number of pyridine rings is 1. The first-order valence-electron chi connectivity index (χ1n) is 5.71. The van der Waals surface area contributed by atoms with Crippen LogP contribution in [0.2, 0.25) is 0 Å². The van der Waals surface area contributed by atoms with E-state index in [0.717, 1.165) is 29.2 Å². The first kappa shape index (κ1) is 11.5. The summed E-state index contributed by atoms with van der Waals surface area (Å²) in [4.78, 5) is 13.2. The molecule has 1 N–H and O–H groups in total. The van der Waals surface area contributed by atoms with Crippen molar-refractivity contribution in [3.63, 3.8) is 0 Å². The maximum atomic E-state index is 4.50. The normalized spacial score (nSPS) is 10.3. The third-order valence-electron chi connectivity index (χ3n) is 2.54. The molecule has 0 aliphatic rings. The van der Waals surface area contributed by atoms with Gasteiger partial charge < -0.3 is 5.32 Å². The first-order chi connectivity index (χ1) is 8.22. The van der Waals surface area contributed by atoms with Crippen LogP contribution in [0, 0.1) is 6.92 Å². The summed E-state index contributed by atoms with van der Waals surface area (Å²) >= 11 is 0. The average molecular weight is 228 g/mol. The maximum absolute atomic E-state index is 4.50. The van der Waals surface area contributed by atoms with Crippen molar-refractivity contribution >= 4 is 5.82 Å². The van der Waals surface area contributed by atoms with Crippen LogP contribution in [0.1, 0.15) is 18.2 Å². The molecule has 0 amide bonds. The number of nitrogens with zero attached hydrogens (tertiary/aromatic N) is 3. The molecule has 0 spiro atoms. The summed E-state index contributed by atoms with van der Waals surface area (Å²) in [7, 11) is 1.86. The van der Waals surface area contributed by atoms with Crippen molar-refractivity contribution in [2.45, 2.75) is 20.3 Å². The van der Waals surface area contributed by atoms with E-state index in [1.165, 1.54) is 0 Å². The van der Waals surface area contributed by atoms with Crippen molar-refractivity contribution in [3.05, 3.63) is 35.7 Å². The molecule has 2 aromatic rings. The topological polar surface area (TPSA) is 50.7 Å². The Bertz CT molecular complexity index is 500. The zero-order valence-electron chi connectivity index (χ0n) is 10.4. The predicted molar refractivity (Wildman–Crippen MR) is 68.9 cm³/mol. The Hall–Kier alpha value is -1.97. The Kier molecular flexibility index (Phi) is 3.32. The fraction of sp³-hybridized carbons (Fsp3) is 0.308. The highest BCUT2D eigenvalue weighted by Crippen LogP contribution is 2.16. The van der Waals surface area contributed by atoms with Gasteiger partial charge in [0, 0.05) is 25.0 Å². The summed E-state index contributed by atoms with van der Waals surface area (Å²) in [5.74, 6) is 1.51. The van der Waals surface area contributed by atoms with E-state index in [1.54, 1.807) is 6.20 Å². The molecule has 0 bridgehead atoms. The van der Waals surface area contributed by atoms with E-state index < -0.39 is 0 Å². The van der Waals surface area contributed by atoms with Crippen LogP contribution >= 0.6 is 0 Å². The SMILES string of the molecule is CCc1cc(NC)nc(-c2cc(C)ccn2)n1. The Morgan fingerprint density at radius 2 is 2.06 bits per heavy atom. The Balaban J connectivity index is 2.50. The third kappa shape index (κ3) is 2.58. The van der Waals surface area contributed by atoms with E-state index in [4.69, 9.17) is 0 Å². The average Bonchev–Trinajstić information content (AvgIpc) is 2.38. The van der Waals surface area contributed by atoms with Crippen molar-refractivity contribution in [1.29, 1.82) is 0 Å². The summed E-state index contributed by atoms with van der Waals surface area (Å²) in [6.07, 6.45) is 2.67. The van der Waals surface area contributed by atoms with Gasteiger partial charge in [0.15, 0.2) is 5.82 Å². The van der Waals surface area contributed by atoms with Crippen LogP contribution in [0.4, 0.5) is 5.82 Å².